The minimum Gasteiger partial charge on any atom is -0.485 e. The van der Waals surface area contributed by atoms with Gasteiger partial charge in [0, 0.05) is 23.0 Å². The monoisotopic (exact) mass is 736 g/mol. The van der Waals surface area contributed by atoms with E-state index >= 15 is 0 Å². The number of benzene rings is 1. The molecule has 5 rings (SSSR count). The van der Waals surface area contributed by atoms with Gasteiger partial charge in [0.25, 0.3) is 17.4 Å². The van der Waals surface area contributed by atoms with E-state index in [-0.39, 0.29) is 23.3 Å². The zero-order valence-corrected chi connectivity index (χ0v) is 29.4. The van der Waals surface area contributed by atoms with E-state index in [1.165, 1.54) is 26.2 Å². The molecule has 1 aliphatic carbocycles. The number of aliphatic carboxylic acids is 1. The standard InChI is InChI=1S/C30H40N8O10S2/c1-29(2)23(26(40)38(29)48-50(43,44)45)36-25(39)22(19-14-49-28(32)35-19)37-47-30(3,27(41)42)21-12-6-15-13-16(5-11-20(15)46-21)24(31)34-18-9-7-17(33-4)8-10-18/h5,11,13-14,17-18,21,23,33H,6-10,12H2,1-4H3,(H2,31,34)(H2,32,35)(H,36,39)(H,41,42)(H,43,44,45)/b37-22-/t17?,18?,21-,23-,30+/m1/s1. The van der Waals surface area contributed by atoms with Gasteiger partial charge >= 0.3 is 16.4 Å². The molecule has 2 amide bonds. The van der Waals surface area contributed by atoms with Crippen molar-refractivity contribution in [3.63, 3.8) is 0 Å². The number of anilines is 1. The van der Waals surface area contributed by atoms with Crippen molar-refractivity contribution in [2.75, 3.05) is 12.8 Å². The fourth-order valence-electron chi connectivity index (χ4n) is 6.14. The number of nitrogens with two attached hydrogens (primary N) is 1. The van der Waals surface area contributed by atoms with Crippen molar-refractivity contribution < 1.29 is 46.3 Å². The number of ether oxygens (including phenoxy) is 1. The molecule has 0 radical (unpaired) electrons. The number of oxime groups is 1. The fraction of sp³-hybridized carbons (Fsp3) is 0.533. The van der Waals surface area contributed by atoms with Crippen LogP contribution in [-0.2, 0) is 40.3 Å². The molecule has 272 valence electrons. The second-order valence-electron chi connectivity index (χ2n) is 13.0. The van der Waals surface area contributed by atoms with Gasteiger partial charge in [-0.05, 0) is 90.1 Å². The number of amides is 2. The quantitative estimate of drug-likeness (QED) is 0.0526. The van der Waals surface area contributed by atoms with Crippen molar-refractivity contribution in [2.45, 2.75) is 94.7 Å². The first-order chi connectivity index (χ1) is 23.4. The van der Waals surface area contributed by atoms with Crippen LogP contribution in [0.5, 0.6) is 5.75 Å². The largest absolute Gasteiger partial charge is 0.485 e. The number of aryl methyl sites for hydroxylation is 1. The maximum Gasteiger partial charge on any atom is 0.418 e. The third kappa shape index (κ3) is 7.68. The maximum atomic E-state index is 13.5. The number of thiazole rings is 1. The van der Waals surface area contributed by atoms with E-state index in [0.29, 0.717) is 34.7 Å². The number of carboxylic acids is 1. The minimum atomic E-state index is -5.03. The Morgan fingerprint density at radius 3 is 2.46 bits per heavy atom. The average Bonchev–Trinajstić information content (AvgIpc) is 3.50. The van der Waals surface area contributed by atoms with E-state index in [9.17, 15) is 27.9 Å². The molecule has 3 aliphatic rings. The first-order valence-corrected chi connectivity index (χ1v) is 18.0. The normalized spacial score (nSPS) is 24.5. The maximum absolute atomic E-state index is 13.5. The third-order valence-electron chi connectivity index (χ3n) is 9.24. The van der Waals surface area contributed by atoms with Crippen LogP contribution in [0.1, 0.15) is 69.7 Å². The summed E-state index contributed by atoms with van der Waals surface area (Å²) in [5.41, 5.74) is 3.09. The summed E-state index contributed by atoms with van der Waals surface area (Å²) in [6, 6.07) is 4.62. The average molecular weight is 737 g/mol. The van der Waals surface area contributed by atoms with Crippen molar-refractivity contribution in [3.05, 3.63) is 40.4 Å². The number of hydrogen-bond acceptors (Lipinski definition) is 14. The predicted molar refractivity (Wildman–Crippen MR) is 180 cm³/mol. The summed E-state index contributed by atoms with van der Waals surface area (Å²) in [5, 5.41) is 33.7. The summed E-state index contributed by atoms with van der Waals surface area (Å²) >= 11 is 0.967. The molecular weight excluding hydrogens is 697 g/mol. The summed E-state index contributed by atoms with van der Waals surface area (Å²) in [4.78, 5) is 48.4. The smallest absolute Gasteiger partial charge is 0.418 e. The van der Waals surface area contributed by atoms with E-state index in [0.717, 1.165) is 42.6 Å². The van der Waals surface area contributed by atoms with Crippen molar-refractivity contribution in [1.82, 2.24) is 26.0 Å². The van der Waals surface area contributed by atoms with Gasteiger partial charge in [-0.15, -0.1) is 15.6 Å². The molecule has 3 atom stereocenters. The van der Waals surface area contributed by atoms with Crippen LogP contribution in [0.2, 0.25) is 0 Å². The highest BCUT2D eigenvalue weighted by Crippen LogP contribution is 2.35. The zero-order chi connectivity index (χ0) is 36.6. The van der Waals surface area contributed by atoms with Crippen molar-refractivity contribution in [3.8, 4) is 5.75 Å². The van der Waals surface area contributed by atoms with E-state index in [1.54, 1.807) is 12.1 Å². The lowest BCUT2D eigenvalue weighted by molar-refractivity contribution is -0.218. The molecule has 1 aromatic heterocycles. The Labute approximate surface area is 292 Å². The van der Waals surface area contributed by atoms with Gasteiger partial charge in [0.05, 0.1) is 5.54 Å². The highest BCUT2D eigenvalue weighted by atomic mass is 32.3. The summed E-state index contributed by atoms with van der Waals surface area (Å²) in [5.74, 6) is -2.73. The highest BCUT2D eigenvalue weighted by molar-refractivity contribution is 7.80. The van der Waals surface area contributed by atoms with Gasteiger partial charge in [-0.25, -0.2) is 9.78 Å². The van der Waals surface area contributed by atoms with Crippen molar-refractivity contribution in [1.29, 1.82) is 5.41 Å². The molecule has 2 aliphatic heterocycles. The number of β-lactam (4-membered cyclic amide) rings is 1. The molecule has 0 unspecified atom stereocenters. The molecule has 1 saturated heterocycles. The van der Waals surface area contributed by atoms with Gasteiger partial charge in [-0.3, -0.25) is 19.6 Å². The van der Waals surface area contributed by atoms with E-state index < -0.39 is 57.2 Å². The first-order valence-electron chi connectivity index (χ1n) is 15.8. The molecular formula is C30H40N8O10S2. The fourth-order valence-corrected chi connectivity index (χ4v) is 7.14. The number of rotatable bonds is 12. The molecule has 2 aromatic rings. The van der Waals surface area contributed by atoms with Gasteiger partial charge in [-0.2, -0.15) is 13.5 Å². The molecule has 18 nitrogen and oxygen atoms in total. The lowest BCUT2D eigenvalue weighted by Crippen LogP contribution is -2.76. The van der Waals surface area contributed by atoms with Crippen LogP contribution in [0.4, 0.5) is 5.13 Å². The summed E-state index contributed by atoms with van der Waals surface area (Å²) in [6.07, 6.45) is 3.52. The number of aromatic nitrogens is 1. The minimum absolute atomic E-state index is 0.0605. The van der Waals surface area contributed by atoms with Crippen LogP contribution < -0.4 is 26.4 Å². The first kappa shape index (κ1) is 36.9. The van der Waals surface area contributed by atoms with Gasteiger partial charge in [0.15, 0.2) is 16.9 Å². The van der Waals surface area contributed by atoms with Gasteiger partial charge in [0.2, 0.25) is 0 Å². The van der Waals surface area contributed by atoms with Crippen LogP contribution >= 0.6 is 11.3 Å². The number of hydroxylamine groups is 2. The number of nitrogen functional groups attached to an aromatic ring is 1. The number of carbonyl (C=O) groups is 3. The Morgan fingerprint density at radius 1 is 1.20 bits per heavy atom. The number of fused-ring (bicyclic) bond motifs is 1. The van der Waals surface area contributed by atoms with Gasteiger partial charge in [0.1, 0.15) is 23.3 Å². The zero-order valence-electron chi connectivity index (χ0n) is 27.8. The Bertz CT molecular complexity index is 1810. The Morgan fingerprint density at radius 2 is 1.88 bits per heavy atom. The van der Waals surface area contributed by atoms with Crippen LogP contribution in [0.25, 0.3) is 0 Å². The van der Waals surface area contributed by atoms with E-state index in [4.69, 9.17) is 25.3 Å². The van der Waals surface area contributed by atoms with Crippen molar-refractivity contribution in [2.24, 2.45) is 5.16 Å². The summed E-state index contributed by atoms with van der Waals surface area (Å²) in [6.45, 7) is 3.99. The van der Waals surface area contributed by atoms with Crippen LogP contribution in [0.3, 0.4) is 0 Å². The van der Waals surface area contributed by atoms with E-state index in [2.05, 4.69) is 30.4 Å². The Balaban J connectivity index is 1.31. The van der Waals surface area contributed by atoms with Gasteiger partial charge in [-0.1, -0.05) is 5.16 Å². The number of hydrogen-bond donors (Lipinski definition) is 7. The Kier molecular flexibility index (Phi) is 10.4. The topological polar surface area (TPSA) is 268 Å². The van der Waals surface area contributed by atoms with Crippen LogP contribution in [0.15, 0.2) is 28.7 Å². The highest BCUT2D eigenvalue weighted by Gasteiger charge is 2.58. The molecule has 8 N–H and O–H groups in total. The Hall–Kier alpha value is -4.37. The lowest BCUT2D eigenvalue weighted by atomic mass is 9.84. The molecule has 0 spiro atoms. The van der Waals surface area contributed by atoms with Crippen LogP contribution in [-0.4, -0.2) is 99.9 Å². The number of carboxylic acid groups (broad SMARTS) is 1. The molecule has 1 aromatic carbocycles. The second-order valence-corrected chi connectivity index (χ2v) is 14.9. The number of nitrogens with zero attached hydrogens (tertiary/aromatic N) is 3. The molecule has 3 heterocycles. The summed E-state index contributed by atoms with van der Waals surface area (Å²) in [7, 11) is -3.07. The number of carbonyl (C=O) groups excluding carboxylic acids is 2. The third-order valence-corrected chi connectivity index (χ3v) is 10.3. The van der Waals surface area contributed by atoms with E-state index in [1.807, 2.05) is 13.1 Å². The summed E-state index contributed by atoms with van der Waals surface area (Å²) < 4.78 is 41.8. The molecule has 2 fully saturated rings. The van der Waals surface area contributed by atoms with Gasteiger partial charge < -0.3 is 36.4 Å². The lowest BCUT2D eigenvalue weighted by Gasteiger charge is -2.50. The molecule has 50 heavy (non-hydrogen) atoms. The number of nitrogens with one attached hydrogen (secondary N) is 4. The van der Waals surface area contributed by atoms with Crippen molar-refractivity contribution >= 4 is 56.2 Å². The molecule has 0 bridgehead atoms. The predicted octanol–water partition coefficient (Wildman–Crippen LogP) is 0.969. The molecule has 1 saturated carbocycles. The molecule has 20 heteroatoms. The van der Waals surface area contributed by atoms with Crippen LogP contribution in [0, 0.1) is 5.41 Å². The number of amidine groups is 1. The SMILES string of the molecule is CNC1CCC(NC(=N)c2ccc3c(c2)CC[C@H]([C@](C)(O/N=C(\C(=O)N[C@@H]2C(=O)N(OS(=O)(=O)O)C2(C)C)c2csc(N)n2)C(=O)O)O3)CC1. The second kappa shape index (κ2) is 14.1.